The number of benzene rings is 1. The minimum absolute atomic E-state index is 0.0238. The summed E-state index contributed by atoms with van der Waals surface area (Å²) < 4.78 is 31.6. The molecular weight excluding hydrogens is 332 g/mol. The van der Waals surface area contributed by atoms with E-state index in [4.69, 9.17) is 4.74 Å². The molecule has 0 spiro atoms. The Morgan fingerprint density at radius 3 is 2.71 bits per heavy atom. The van der Waals surface area contributed by atoms with Crippen LogP contribution in [0.3, 0.4) is 0 Å². The number of aryl methyl sites for hydroxylation is 1. The lowest BCUT2D eigenvalue weighted by molar-refractivity contribution is -0.130. The van der Waals surface area contributed by atoms with Gasteiger partial charge >= 0.3 is 0 Å². The Bertz CT molecular complexity index is 745. The van der Waals surface area contributed by atoms with Crippen LogP contribution in [0, 0.1) is 6.92 Å². The van der Waals surface area contributed by atoms with Crippen molar-refractivity contribution in [2.45, 2.75) is 44.0 Å². The predicted octanol–water partition coefficient (Wildman–Crippen LogP) is 1.21. The largest absolute Gasteiger partial charge is 0.496 e. The van der Waals surface area contributed by atoms with Crippen molar-refractivity contribution >= 4 is 21.8 Å². The lowest BCUT2D eigenvalue weighted by Crippen LogP contribution is -2.47. The fourth-order valence-electron chi connectivity index (χ4n) is 2.69. The molecule has 0 unspecified atom stereocenters. The van der Waals surface area contributed by atoms with Gasteiger partial charge in [0, 0.05) is 13.0 Å². The van der Waals surface area contributed by atoms with Crippen molar-refractivity contribution in [3.05, 3.63) is 23.8 Å². The van der Waals surface area contributed by atoms with Crippen LogP contribution in [-0.4, -0.2) is 44.2 Å². The van der Waals surface area contributed by atoms with E-state index in [1.165, 1.54) is 25.3 Å². The molecule has 0 aliphatic carbocycles. The van der Waals surface area contributed by atoms with Crippen LogP contribution in [0.25, 0.3) is 0 Å². The van der Waals surface area contributed by atoms with Crippen molar-refractivity contribution in [3.8, 4) is 5.75 Å². The molecule has 1 atom stereocenters. The number of nitrogens with one attached hydrogen (secondary N) is 1. The highest BCUT2D eigenvalue weighted by molar-refractivity contribution is 7.89. The van der Waals surface area contributed by atoms with Gasteiger partial charge in [0.2, 0.25) is 11.8 Å². The van der Waals surface area contributed by atoms with Crippen LogP contribution in [0.1, 0.15) is 31.7 Å². The maximum absolute atomic E-state index is 12.9. The second-order valence-electron chi connectivity index (χ2n) is 5.67. The highest BCUT2D eigenvalue weighted by Crippen LogP contribution is 2.29. The maximum Gasteiger partial charge on any atom is 0.267 e. The minimum Gasteiger partial charge on any atom is -0.496 e. The number of methoxy groups -OCH3 is 1. The fourth-order valence-corrected chi connectivity index (χ4v) is 4.38. The van der Waals surface area contributed by atoms with Gasteiger partial charge in [-0.25, -0.2) is 12.7 Å². The lowest BCUT2D eigenvalue weighted by atomic mass is 10.2. The van der Waals surface area contributed by atoms with Crippen LogP contribution in [-0.2, 0) is 19.6 Å². The van der Waals surface area contributed by atoms with E-state index in [9.17, 15) is 18.0 Å². The van der Waals surface area contributed by atoms with E-state index in [0.717, 1.165) is 10.7 Å². The van der Waals surface area contributed by atoms with Crippen LogP contribution in [0.5, 0.6) is 5.75 Å². The fraction of sp³-hybridized carbons (Fsp3) is 0.500. The molecule has 0 aromatic heterocycles. The molecule has 8 heteroatoms. The van der Waals surface area contributed by atoms with Crippen molar-refractivity contribution in [1.29, 1.82) is 0 Å². The summed E-state index contributed by atoms with van der Waals surface area (Å²) in [4.78, 5) is 24.3. The Hall–Kier alpha value is -2.09. The van der Waals surface area contributed by atoms with E-state index in [0.29, 0.717) is 17.9 Å². The van der Waals surface area contributed by atoms with E-state index in [2.05, 4.69) is 5.32 Å². The molecule has 1 aliphatic heterocycles. The SMILES string of the molecule is CCCNC(=O)[C@H]1CCC(=O)N1S(=O)(=O)c1ccc(OC)c(C)c1. The summed E-state index contributed by atoms with van der Waals surface area (Å²) >= 11 is 0. The summed E-state index contributed by atoms with van der Waals surface area (Å²) in [7, 11) is -2.59. The van der Waals surface area contributed by atoms with Crippen molar-refractivity contribution in [2.75, 3.05) is 13.7 Å². The number of amides is 2. The number of hydrogen-bond donors (Lipinski definition) is 1. The molecule has 7 nitrogen and oxygen atoms in total. The summed E-state index contributed by atoms with van der Waals surface area (Å²) in [5.41, 5.74) is 0.636. The topological polar surface area (TPSA) is 92.8 Å². The summed E-state index contributed by atoms with van der Waals surface area (Å²) in [5.74, 6) is -0.435. The minimum atomic E-state index is -4.09. The Balaban J connectivity index is 2.36. The second kappa shape index (κ2) is 7.21. The van der Waals surface area contributed by atoms with Gasteiger partial charge in [0.1, 0.15) is 11.8 Å². The predicted molar refractivity (Wildman–Crippen MR) is 88.1 cm³/mol. The van der Waals surface area contributed by atoms with Crippen molar-refractivity contribution in [2.24, 2.45) is 0 Å². The summed E-state index contributed by atoms with van der Waals surface area (Å²) in [6, 6.07) is 3.38. The first-order valence-corrected chi connectivity index (χ1v) is 9.26. The molecule has 0 radical (unpaired) electrons. The van der Waals surface area contributed by atoms with Gasteiger partial charge in [-0.2, -0.15) is 0 Å². The first-order chi connectivity index (χ1) is 11.3. The van der Waals surface area contributed by atoms with Gasteiger partial charge in [0.15, 0.2) is 0 Å². The zero-order valence-electron chi connectivity index (χ0n) is 14.0. The van der Waals surface area contributed by atoms with E-state index >= 15 is 0 Å². The molecule has 1 fully saturated rings. The van der Waals surface area contributed by atoms with E-state index in [1.54, 1.807) is 6.92 Å². The average Bonchev–Trinajstić information content (AvgIpc) is 2.95. The summed E-state index contributed by atoms with van der Waals surface area (Å²) in [6.45, 7) is 4.06. The Kier molecular flexibility index (Phi) is 5.48. The summed E-state index contributed by atoms with van der Waals surface area (Å²) in [6.07, 6.45) is 0.970. The van der Waals surface area contributed by atoms with E-state index in [-0.39, 0.29) is 17.7 Å². The van der Waals surface area contributed by atoms with Gasteiger partial charge in [-0.3, -0.25) is 9.59 Å². The third-order valence-corrected chi connectivity index (χ3v) is 5.76. The lowest BCUT2D eigenvalue weighted by Gasteiger charge is -2.24. The van der Waals surface area contributed by atoms with Gasteiger partial charge in [-0.1, -0.05) is 6.92 Å². The second-order valence-corrected chi connectivity index (χ2v) is 7.49. The molecule has 1 aromatic rings. The third kappa shape index (κ3) is 3.38. The molecule has 1 N–H and O–H groups in total. The number of carbonyl (C=O) groups is 2. The molecule has 24 heavy (non-hydrogen) atoms. The van der Waals surface area contributed by atoms with Crippen molar-refractivity contribution in [1.82, 2.24) is 9.62 Å². The molecule has 132 valence electrons. The van der Waals surface area contributed by atoms with Gasteiger partial charge in [-0.05, 0) is 43.5 Å². The molecule has 1 aromatic carbocycles. The Labute approximate surface area is 142 Å². The van der Waals surface area contributed by atoms with Gasteiger partial charge in [0.25, 0.3) is 10.0 Å². The van der Waals surface area contributed by atoms with E-state index in [1.807, 2.05) is 6.92 Å². The van der Waals surface area contributed by atoms with Crippen LogP contribution < -0.4 is 10.1 Å². The molecule has 0 bridgehead atoms. The third-order valence-electron chi connectivity index (χ3n) is 3.94. The first-order valence-electron chi connectivity index (χ1n) is 7.82. The highest BCUT2D eigenvalue weighted by Gasteiger charge is 2.44. The van der Waals surface area contributed by atoms with Gasteiger partial charge < -0.3 is 10.1 Å². The van der Waals surface area contributed by atoms with Crippen LogP contribution >= 0.6 is 0 Å². The van der Waals surface area contributed by atoms with Crippen LogP contribution in [0.2, 0.25) is 0 Å². The zero-order valence-corrected chi connectivity index (χ0v) is 14.9. The Morgan fingerprint density at radius 1 is 1.42 bits per heavy atom. The molecule has 1 heterocycles. The molecular formula is C16H22N2O5S. The van der Waals surface area contributed by atoms with Gasteiger partial charge in [0.05, 0.1) is 12.0 Å². The molecule has 0 saturated carbocycles. The first kappa shape index (κ1) is 18.3. The van der Waals surface area contributed by atoms with Crippen LogP contribution in [0.15, 0.2) is 23.1 Å². The highest BCUT2D eigenvalue weighted by atomic mass is 32.2. The normalized spacial score (nSPS) is 17.9. The van der Waals surface area contributed by atoms with Crippen LogP contribution in [0.4, 0.5) is 0 Å². The number of ether oxygens (including phenoxy) is 1. The molecule has 2 amide bonds. The Morgan fingerprint density at radius 2 is 2.12 bits per heavy atom. The number of carbonyl (C=O) groups excluding carboxylic acids is 2. The van der Waals surface area contributed by atoms with Crippen molar-refractivity contribution < 1.29 is 22.7 Å². The van der Waals surface area contributed by atoms with E-state index < -0.39 is 27.9 Å². The molecule has 1 aliphatic rings. The smallest absolute Gasteiger partial charge is 0.267 e. The quantitative estimate of drug-likeness (QED) is 0.829. The number of hydrogen-bond acceptors (Lipinski definition) is 5. The number of rotatable bonds is 6. The number of nitrogens with zero attached hydrogens (tertiary/aromatic N) is 1. The van der Waals surface area contributed by atoms with Crippen molar-refractivity contribution in [3.63, 3.8) is 0 Å². The zero-order chi connectivity index (χ0) is 17.9. The van der Waals surface area contributed by atoms with Gasteiger partial charge in [-0.15, -0.1) is 0 Å². The maximum atomic E-state index is 12.9. The molecule has 1 saturated heterocycles. The molecule has 2 rings (SSSR count). The standard InChI is InChI=1S/C16H22N2O5S/c1-4-9-17-16(20)13-6-8-15(19)18(13)24(21,22)12-5-7-14(23-3)11(2)10-12/h5,7,10,13H,4,6,8-9H2,1-3H3,(H,17,20)/t13-/m1/s1. The number of sulfonamides is 1. The monoisotopic (exact) mass is 354 g/mol. The average molecular weight is 354 g/mol. The summed E-state index contributed by atoms with van der Waals surface area (Å²) in [5, 5.41) is 2.66.